The van der Waals surface area contributed by atoms with Crippen LogP contribution in [0.3, 0.4) is 0 Å². The van der Waals surface area contributed by atoms with Crippen LogP contribution in [0.2, 0.25) is 0 Å². The van der Waals surface area contributed by atoms with E-state index in [1.165, 1.54) is 71.1 Å². The van der Waals surface area contributed by atoms with Gasteiger partial charge in [-0.2, -0.15) is 0 Å². The number of rotatable bonds is 4. The number of nitrogens with one attached hydrogen (secondary N) is 1. The number of piperidine rings is 1. The Labute approximate surface area is 114 Å². The third kappa shape index (κ3) is 4.24. The smallest absolute Gasteiger partial charge is 0.0124 e. The monoisotopic (exact) mass is 252 g/mol. The molecule has 106 valence electrons. The summed E-state index contributed by atoms with van der Waals surface area (Å²) in [4.78, 5) is 2.85. The minimum absolute atomic E-state index is 0.849. The van der Waals surface area contributed by atoms with Crippen molar-refractivity contribution in [3.8, 4) is 0 Å². The zero-order chi connectivity index (χ0) is 12.8. The van der Waals surface area contributed by atoms with E-state index in [4.69, 9.17) is 0 Å². The SMILES string of the molecule is CC(C)CCN1CCCCCC1C1CCNCC1. The Morgan fingerprint density at radius 3 is 2.56 bits per heavy atom. The predicted molar refractivity (Wildman–Crippen MR) is 78.9 cm³/mol. The molecule has 2 nitrogen and oxygen atoms in total. The van der Waals surface area contributed by atoms with Crippen LogP contribution in [-0.4, -0.2) is 37.1 Å². The minimum Gasteiger partial charge on any atom is -0.317 e. The summed E-state index contributed by atoms with van der Waals surface area (Å²) in [6.45, 7) is 9.92. The van der Waals surface area contributed by atoms with Gasteiger partial charge in [-0.25, -0.2) is 0 Å². The lowest BCUT2D eigenvalue weighted by Gasteiger charge is -2.38. The third-order valence-electron chi connectivity index (χ3n) is 4.84. The Balaban J connectivity index is 1.92. The molecule has 0 spiro atoms. The summed E-state index contributed by atoms with van der Waals surface area (Å²) in [6.07, 6.45) is 10.0. The number of likely N-dealkylation sites (tertiary alicyclic amines) is 1. The fraction of sp³-hybridized carbons (Fsp3) is 1.00. The lowest BCUT2D eigenvalue weighted by atomic mass is 9.86. The van der Waals surface area contributed by atoms with Crippen LogP contribution in [-0.2, 0) is 0 Å². The number of hydrogen-bond acceptors (Lipinski definition) is 2. The van der Waals surface area contributed by atoms with Crippen LogP contribution in [0.15, 0.2) is 0 Å². The van der Waals surface area contributed by atoms with E-state index in [1.807, 2.05) is 0 Å². The van der Waals surface area contributed by atoms with Gasteiger partial charge in [-0.3, -0.25) is 0 Å². The van der Waals surface area contributed by atoms with E-state index in [0.717, 1.165) is 17.9 Å². The maximum Gasteiger partial charge on any atom is 0.0124 e. The second-order valence-electron chi connectivity index (χ2n) is 6.72. The molecular weight excluding hydrogens is 220 g/mol. The van der Waals surface area contributed by atoms with E-state index >= 15 is 0 Å². The molecule has 0 aromatic heterocycles. The summed E-state index contributed by atoms with van der Waals surface area (Å²) in [5.74, 6) is 1.82. The van der Waals surface area contributed by atoms with Crippen molar-refractivity contribution in [2.75, 3.05) is 26.2 Å². The van der Waals surface area contributed by atoms with Crippen molar-refractivity contribution in [2.45, 2.75) is 64.8 Å². The van der Waals surface area contributed by atoms with Crippen LogP contribution in [0.1, 0.15) is 58.8 Å². The lowest BCUT2D eigenvalue weighted by molar-refractivity contribution is 0.117. The molecule has 0 bridgehead atoms. The first-order valence-electron chi connectivity index (χ1n) is 8.22. The zero-order valence-corrected chi connectivity index (χ0v) is 12.5. The second-order valence-corrected chi connectivity index (χ2v) is 6.72. The van der Waals surface area contributed by atoms with Gasteiger partial charge in [0.25, 0.3) is 0 Å². The summed E-state index contributed by atoms with van der Waals surface area (Å²) in [5.41, 5.74) is 0. The van der Waals surface area contributed by atoms with E-state index in [2.05, 4.69) is 24.1 Å². The molecule has 0 radical (unpaired) electrons. The van der Waals surface area contributed by atoms with E-state index in [-0.39, 0.29) is 0 Å². The Bertz CT molecular complexity index is 221. The van der Waals surface area contributed by atoms with Crippen LogP contribution in [0.4, 0.5) is 0 Å². The maximum atomic E-state index is 3.52. The van der Waals surface area contributed by atoms with Gasteiger partial charge < -0.3 is 10.2 Å². The highest BCUT2D eigenvalue weighted by Gasteiger charge is 2.29. The Kier molecular flexibility index (Phi) is 5.97. The van der Waals surface area contributed by atoms with Crippen molar-refractivity contribution in [1.29, 1.82) is 0 Å². The first-order valence-corrected chi connectivity index (χ1v) is 8.22. The Morgan fingerprint density at radius 2 is 1.83 bits per heavy atom. The summed E-state index contributed by atoms with van der Waals surface area (Å²) in [6, 6.07) is 0.897. The lowest BCUT2D eigenvalue weighted by Crippen LogP contribution is -2.44. The molecule has 2 aliphatic rings. The topological polar surface area (TPSA) is 15.3 Å². The molecule has 0 saturated carbocycles. The molecule has 2 rings (SSSR count). The van der Waals surface area contributed by atoms with Crippen LogP contribution in [0.5, 0.6) is 0 Å². The van der Waals surface area contributed by atoms with Crippen LogP contribution < -0.4 is 5.32 Å². The summed E-state index contributed by atoms with van der Waals surface area (Å²) in [5, 5.41) is 3.52. The summed E-state index contributed by atoms with van der Waals surface area (Å²) in [7, 11) is 0. The summed E-state index contributed by atoms with van der Waals surface area (Å²) >= 11 is 0. The van der Waals surface area contributed by atoms with E-state index in [1.54, 1.807) is 0 Å². The van der Waals surface area contributed by atoms with Gasteiger partial charge in [0.2, 0.25) is 0 Å². The van der Waals surface area contributed by atoms with Gasteiger partial charge in [0.1, 0.15) is 0 Å². The first kappa shape index (κ1) is 14.3. The summed E-state index contributed by atoms with van der Waals surface area (Å²) < 4.78 is 0. The molecule has 1 N–H and O–H groups in total. The van der Waals surface area contributed by atoms with Crippen LogP contribution >= 0.6 is 0 Å². The van der Waals surface area contributed by atoms with E-state index < -0.39 is 0 Å². The first-order chi connectivity index (χ1) is 8.77. The zero-order valence-electron chi connectivity index (χ0n) is 12.5. The van der Waals surface area contributed by atoms with Crippen molar-refractivity contribution in [1.82, 2.24) is 10.2 Å². The highest BCUT2D eigenvalue weighted by atomic mass is 15.2. The average molecular weight is 252 g/mol. The average Bonchev–Trinajstić information content (AvgIpc) is 2.62. The van der Waals surface area contributed by atoms with Gasteiger partial charge >= 0.3 is 0 Å². The van der Waals surface area contributed by atoms with E-state index in [0.29, 0.717) is 0 Å². The predicted octanol–water partition coefficient (Wildman–Crippen LogP) is 3.28. The molecule has 1 unspecified atom stereocenters. The molecular formula is C16H32N2. The van der Waals surface area contributed by atoms with Crippen LogP contribution in [0, 0.1) is 11.8 Å². The molecule has 0 aromatic rings. The van der Waals surface area contributed by atoms with Crippen LogP contribution in [0.25, 0.3) is 0 Å². The third-order valence-corrected chi connectivity index (χ3v) is 4.84. The van der Waals surface area contributed by atoms with Crippen molar-refractivity contribution in [3.63, 3.8) is 0 Å². The normalized spacial score (nSPS) is 28.5. The van der Waals surface area contributed by atoms with Crippen molar-refractivity contribution in [2.24, 2.45) is 11.8 Å². The molecule has 18 heavy (non-hydrogen) atoms. The highest BCUT2D eigenvalue weighted by molar-refractivity contribution is 4.85. The number of hydrogen-bond donors (Lipinski definition) is 1. The van der Waals surface area contributed by atoms with E-state index in [9.17, 15) is 0 Å². The Morgan fingerprint density at radius 1 is 1.06 bits per heavy atom. The molecule has 2 saturated heterocycles. The van der Waals surface area contributed by atoms with Gasteiger partial charge in [0, 0.05) is 6.04 Å². The van der Waals surface area contributed by atoms with Gasteiger partial charge in [0.05, 0.1) is 0 Å². The molecule has 2 aliphatic heterocycles. The van der Waals surface area contributed by atoms with Crippen molar-refractivity contribution >= 4 is 0 Å². The standard InChI is InChI=1S/C16H32N2/c1-14(2)9-13-18-12-5-3-4-6-16(18)15-7-10-17-11-8-15/h14-17H,3-13H2,1-2H3. The van der Waals surface area contributed by atoms with Gasteiger partial charge in [-0.15, -0.1) is 0 Å². The fourth-order valence-electron chi connectivity index (χ4n) is 3.66. The minimum atomic E-state index is 0.849. The molecule has 0 aromatic carbocycles. The molecule has 2 heteroatoms. The quantitative estimate of drug-likeness (QED) is 0.826. The van der Waals surface area contributed by atoms with Gasteiger partial charge in [0.15, 0.2) is 0 Å². The largest absolute Gasteiger partial charge is 0.317 e. The Hall–Kier alpha value is -0.0800. The maximum absolute atomic E-state index is 3.52. The van der Waals surface area contributed by atoms with Crippen molar-refractivity contribution in [3.05, 3.63) is 0 Å². The van der Waals surface area contributed by atoms with Gasteiger partial charge in [-0.1, -0.05) is 26.7 Å². The molecule has 0 amide bonds. The molecule has 2 heterocycles. The molecule has 2 fully saturated rings. The second kappa shape index (κ2) is 7.49. The number of nitrogens with zero attached hydrogens (tertiary/aromatic N) is 1. The molecule has 0 aliphatic carbocycles. The highest BCUT2D eigenvalue weighted by Crippen LogP contribution is 2.28. The fourth-order valence-corrected chi connectivity index (χ4v) is 3.66. The molecule has 1 atom stereocenters. The van der Waals surface area contributed by atoms with Gasteiger partial charge in [-0.05, 0) is 70.1 Å². The van der Waals surface area contributed by atoms with Crippen molar-refractivity contribution < 1.29 is 0 Å².